The molecular formula is C13H30O2Si. The standard InChI is InChI=1S/C13H30O2Si/c1-5-7-9-11-13-15-16(3,4)14-12-10-8-6-2/h5-13H2,1-4H3. The van der Waals surface area contributed by atoms with Gasteiger partial charge < -0.3 is 8.85 Å². The van der Waals surface area contributed by atoms with E-state index in [-0.39, 0.29) is 0 Å². The van der Waals surface area contributed by atoms with E-state index in [9.17, 15) is 0 Å². The van der Waals surface area contributed by atoms with Gasteiger partial charge in [-0.2, -0.15) is 0 Å². The highest BCUT2D eigenvalue weighted by Gasteiger charge is 2.23. The Morgan fingerprint density at radius 3 is 1.62 bits per heavy atom. The Labute approximate surface area is 103 Å². The molecule has 0 N–H and O–H groups in total. The first-order valence-corrected chi connectivity index (χ1v) is 9.72. The van der Waals surface area contributed by atoms with Gasteiger partial charge in [0.25, 0.3) is 0 Å². The molecule has 0 atom stereocenters. The second-order valence-electron chi connectivity index (χ2n) is 4.86. The molecule has 0 aliphatic carbocycles. The van der Waals surface area contributed by atoms with Crippen LogP contribution in [0.2, 0.25) is 13.1 Å². The van der Waals surface area contributed by atoms with Gasteiger partial charge in [-0.1, -0.05) is 46.0 Å². The highest BCUT2D eigenvalue weighted by molar-refractivity contribution is 6.64. The van der Waals surface area contributed by atoms with Crippen LogP contribution < -0.4 is 0 Å². The average Bonchev–Trinajstić information content (AvgIpc) is 2.24. The number of hydrogen-bond donors (Lipinski definition) is 0. The topological polar surface area (TPSA) is 18.5 Å². The van der Waals surface area contributed by atoms with Crippen molar-refractivity contribution in [2.45, 2.75) is 71.9 Å². The van der Waals surface area contributed by atoms with Gasteiger partial charge in [0.2, 0.25) is 0 Å². The maximum Gasteiger partial charge on any atom is 0.331 e. The minimum absolute atomic E-state index is 0.877. The Bertz CT molecular complexity index is 149. The SMILES string of the molecule is CCCCCCO[Si](C)(C)OCCCCC. The molecule has 0 heterocycles. The summed E-state index contributed by atoms with van der Waals surface area (Å²) in [5.41, 5.74) is 0. The lowest BCUT2D eigenvalue weighted by atomic mass is 10.2. The van der Waals surface area contributed by atoms with Crippen LogP contribution in [0.15, 0.2) is 0 Å². The van der Waals surface area contributed by atoms with Crippen LogP contribution in [-0.2, 0) is 8.85 Å². The number of unbranched alkanes of at least 4 members (excludes halogenated alkanes) is 5. The molecule has 0 radical (unpaired) electrons. The van der Waals surface area contributed by atoms with E-state index in [4.69, 9.17) is 8.85 Å². The fraction of sp³-hybridized carbons (Fsp3) is 1.00. The molecule has 0 fully saturated rings. The molecule has 16 heavy (non-hydrogen) atoms. The Morgan fingerprint density at radius 2 is 1.12 bits per heavy atom. The highest BCUT2D eigenvalue weighted by Crippen LogP contribution is 2.10. The van der Waals surface area contributed by atoms with Gasteiger partial charge in [-0.15, -0.1) is 0 Å². The van der Waals surface area contributed by atoms with Crippen molar-refractivity contribution in [3.8, 4) is 0 Å². The molecule has 0 unspecified atom stereocenters. The Balaban J connectivity index is 3.38. The molecule has 0 spiro atoms. The first kappa shape index (κ1) is 16.1. The van der Waals surface area contributed by atoms with Crippen molar-refractivity contribution in [1.29, 1.82) is 0 Å². The van der Waals surface area contributed by atoms with E-state index in [2.05, 4.69) is 26.9 Å². The van der Waals surface area contributed by atoms with E-state index in [1.807, 2.05) is 0 Å². The van der Waals surface area contributed by atoms with Crippen molar-refractivity contribution < 1.29 is 8.85 Å². The van der Waals surface area contributed by atoms with Crippen molar-refractivity contribution in [2.24, 2.45) is 0 Å². The minimum atomic E-state index is -1.81. The summed E-state index contributed by atoms with van der Waals surface area (Å²) in [6, 6.07) is 0. The van der Waals surface area contributed by atoms with Crippen LogP contribution in [0.4, 0.5) is 0 Å². The van der Waals surface area contributed by atoms with E-state index in [1.54, 1.807) is 0 Å². The van der Waals surface area contributed by atoms with Crippen molar-refractivity contribution in [2.75, 3.05) is 13.2 Å². The van der Waals surface area contributed by atoms with Gasteiger partial charge in [-0.05, 0) is 25.9 Å². The summed E-state index contributed by atoms with van der Waals surface area (Å²) >= 11 is 0. The van der Waals surface area contributed by atoms with E-state index >= 15 is 0 Å². The fourth-order valence-electron chi connectivity index (χ4n) is 1.56. The molecule has 0 saturated carbocycles. The third kappa shape index (κ3) is 10.6. The molecule has 0 aliphatic rings. The third-order valence-electron chi connectivity index (χ3n) is 2.65. The molecule has 2 nitrogen and oxygen atoms in total. The Morgan fingerprint density at radius 1 is 0.688 bits per heavy atom. The van der Waals surface area contributed by atoms with Crippen LogP contribution in [0.3, 0.4) is 0 Å². The lowest BCUT2D eigenvalue weighted by molar-refractivity contribution is 0.173. The van der Waals surface area contributed by atoms with Crippen LogP contribution >= 0.6 is 0 Å². The second kappa shape index (κ2) is 10.3. The zero-order chi connectivity index (χ0) is 12.3. The van der Waals surface area contributed by atoms with Crippen molar-refractivity contribution >= 4 is 8.56 Å². The molecule has 0 aliphatic heterocycles. The Kier molecular flexibility index (Phi) is 10.4. The zero-order valence-corrected chi connectivity index (χ0v) is 12.7. The first-order chi connectivity index (χ1) is 7.62. The van der Waals surface area contributed by atoms with E-state index in [0.29, 0.717) is 0 Å². The first-order valence-electron chi connectivity index (χ1n) is 6.90. The Hall–Kier alpha value is 0.137. The van der Waals surface area contributed by atoms with Gasteiger partial charge in [0.15, 0.2) is 0 Å². The zero-order valence-electron chi connectivity index (χ0n) is 11.7. The second-order valence-corrected chi connectivity index (χ2v) is 8.24. The highest BCUT2D eigenvalue weighted by atomic mass is 28.4. The lowest BCUT2D eigenvalue weighted by Gasteiger charge is -2.22. The normalized spacial score (nSPS) is 12.0. The molecule has 98 valence electrons. The predicted molar refractivity (Wildman–Crippen MR) is 73.1 cm³/mol. The van der Waals surface area contributed by atoms with E-state index < -0.39 is 8.56 Å². The largest absolute Gasteiger partial charge is 0.395 e. The summed E-state index contributed by atoms with van der Waals surface area (Å²) in [5, 5.41) is 0. The molecule has 0 amide bonds. The van der Waals surface area contributed by atoms with Gasteiger partial charge >= 0.3 is 8.56 Å². The minimum Gasteiger partial charge on any atom is -0.395 e. The summed E-state index contributed by atoms with van der Waals surface area (Å²) in [7, 11) is -1.81. The summed E-state index contributed by atoms with van der Waals surface area (Å²) in [6.45, 7) is 10.5. The van der Waals surface area contributed by atoms with Crippen LogP contribution in [0.25, 0.3) is 0 Å². The molecule has 3 heteroatoms. The fourth-order valence-corrected chi connectivity index (χ4v) is 2.91. The van der Waals surface area contributed by atoms with Crippen LogP contribution in [0, 0.1) is 0 Å². The average molecular weight is 246 g/mol. The van der Waals surface area contributed by atoms with E-state index in [0.717, 1.165) is 13.2 Å². The molecule has 0 aromatic heterocycles. The maximum absolute atomic E-state index is 5.87. The number of rotatable bonds is 11. The van der Waals surface area contributed by atoms with Crippen molar-refractivity contribution in [3.05, 3.63) is 0 Å². The summed E-state index contributed by atoms with van der Waals surface area (Å²) < 4.78 is 11.7. The third-order valence-corrected chi connectivity index (χ3v) is 4.44. The molecular weight excluding hydrogens is 216 g/mol. The van der Waals surface area contributed by atoms with Crippen LogP contribution in [0.1, 0.15) is 58.8 Å². The summed E-state index contributed by atoms with van der Waals surface area (Å²) in [6.07, 6.45) is 8.77. The van der Waals surface area contributed by atoms with Crippen molar-refractivity contribution in [3.63, 3.8) is 0 Å². The molecule has 0 bridgehead atoms. The number of hydrogen-bond acceptors (Lipinski definition) is 2. The van der Waals surface area contributed by atoms with Crippen LogP contribution in [-0.4, -0.2) is 21.8 Å². The van der Waals surface area contributed by atoms with E-state index in [1.165, 1.54) is 44.9 Å². The van der Waals surface area contributed by atoms with Gasteiger partial charge in [0.05, 0.1) is 0 Å². The van der Waals surface area contributed by atoms with Gasteiger partial charge in [-0.3, -0.25) is 0 Å². The van der Waals surface area contributed by atoms with Crippen LogP contribution in [0.5, 0.6) is 0 Å². The van der Waals surface area contributed by atoms with Gasteiger partial charge in [-0.25, -0.2) is 0 Å². The smallest absolute Gasteiger partial charge is 0.331 e. The summed E-state index contributed by atoms with van der Waals surface area (Å²) in [4.78, 5) is 0. The van der Waals surface area contributed by atoms with Gasteiger partial charge in [0, 0.05) is 13.2 Å². The monoisotopic (exact) mass is 246 g/mol. The molecule has 0 saturated heterocycles. The predicted octanol–water partition coefficient (Wildman–Crippen LogP) is 4.49. The molecule has 0 aromatic rings. The maximum atomic E-state index is 5.87. The van der Waals surface area contributed by atoms with Crippen molar-refractivity contribution in [1.82, 2.24) is 0 Å². The quantitative estimate of drug-likeness (QED) is 0.395. The van der Waals surface area contributed by atoms with Gasteiger partial charge in [0.1, 0.15) is 0 Å². The molecule has 0 rings (SSSR count). The molecule has 0 aromatic carbocycles. The lowest BCUT2D eigenvalue weighted by Crippen LogP contribution is -2.35. The summed E-state index contributed by atoms with van der Waals surface area (Å²) in [5.74, 6) is 0.